The number of fused-ring (bicyclic) bond motifs is 6. The topological polar surface area (TPSA) is 81.0 Å². The van der Waals surface area contributed by atoms with E-state index >= 15 is 0 Å². The molecule has 2 heterocycles. The van der Waals surface area contributed by atoms with Gasteiger partial charge in [-0.2, -0.15) is 5.10 Å². The highest BCUT2D eigenvalue weighted by atomic mass is 16.5. The number of rotatable bonds is 9. The molecule has 0 saturated heterocycles. The van der Waals surface area contributed by atoms with Gasteiger partial charge in [-0.15, -0.1) is 0 Å². The summed E-state index contributed by atoms with van der Waals surface area (Å²) >= 11 is 0. The van der Waals surface area contributed by atoms with Gasteiger partial charge in [0.1, 0.15) is 28.5 Å². The Kier molecular flexibility index (Phi) is 7.82. The van der Waals surface area contributed by atoms with Gasteiger partial charge in [0, 0.05) is 78.2 Å². The minimum Gasteiger partial charge on any atom is -0.506 e. The minimum absolute atomic E-state index is 0.0681. The maximum absolute atomic E-state index is 14.2. The van der Waals surface area contributed by atoms with Crippen LogP contribution in [0, 0.1) is 0 Å². The summed E-state index contributed by atoms with van der Waals surface area (Å²) in [7, 11) is 0. The van der Waals surface area contributed by atoms with Crippen molar-refractivity contribution < 1.29 is 14.6 Å². The molecule has 8 heteroatoms. The highest BCUT2D eigenvalue weighted by molar-refractivity contribution is 6.17. The smallest absolute Gasteiger partial charge is 0.275 e. The van der Waals surface area contributed by atoms with Gasteiger partial charge in [0.2, 0.25) is 0 Å². The molecule has 0 aliphatic carbocycles. The third kappa shape index (κ3) is 4.58. The second-order valence-corrected chi connectivity index (χ2v) is 10.7. The summed E-state index contributed by atoms with van der Waals surface area (Å²) in [6.45, 7) is 12.0. The van der Waals surface area contributed by atoms with Gasteiger partial charge in [0.25, 0.3) is 5.91 Å². The molecule has 0 fully saturated rings. The number of phenolic OH excluding ortho intramolecular Hbond substituents is 1. The monoisotopic (exact) mass is 587 g/mol. The van der Waals surface area contributed by atoms with Crippen molar-refractivity contribution in [2.75, 3.05) is 36.0 Å². The van der Waals surface area contributed by atoms with Gasteiger partial charge < -0.3 is 19.6 Å². The predicted molar refractivity (Wildman–Crippen MR) is 177 cm³/mol. The van der Waals surface area contributed by atoms with E-state index in [1.54, 1.807) is 29.3 Å². The van der Waals surface area contributed by atoms with Crippen LogP contribution in [0.2, 0.25) is 0 Å². The summed E-state index contributed by atoms with van der Waals surface area (Å²) in [5.74, 6) is 1.23. The molecule has 0 bridgehead atoms. The second kappa shape index (κ2) is 11.9. The van der Waals surface area contributed by atoms with E-state index < -0.39 is 5.54 Å². The first-order chi connectivity index (χ1) is 21.5. The quantitative estimate of drug-likeness (QED) is 0.208. The van der Waals surface area contributed by atoms with Crippen LogP contribution in [0.5, 0.6) is 17.2 Å². The summed E-state index contributed by atoms with van der Waals surface area (Å²) in [6, 6.07) is 27.0. The zero-order valence-electron chi connectivity index (χ0n) is 25.6. The fraction of sp³-hybridized carbons (Fsp3) is 0.250. The number of amides is 1. The van der Waals surface area contributed by atoms with Crippen LogP contribution < -0.4 is 14.5 Å². The van der Waals surface area contributed by atoms with Gasteiger partial charge in [0.05, 0.1) is 6.21 Å². The van der Waals surface area contributed by atoms with Gasteiger partial charge in [-0.05, 0) is 58.0 Å². The number of para-hydroxylation sites is 2. The van der Waals surface area contributed by atoms with Crippen LogP contribution in [-0.4, -0.2) is 54.6 Å². The zero-order chi connectivity index (χ0) is 30.8. The number of carbonyl (C=O) groups is 1. The Labute approximate surface area is 258 Å². The van der Waals surface area contributed by atoms with Crippen molar-refractivity contribution in [3.8, 4) is 17.2 Å². The molecule has 0 aromatic heterocycles. The van der Waals surface area contributed by atoms with Crippen molar-refractivity contribution in [3.05, 3.63) is 107 Å². The van der Waals surface area contributed by atoms with Crippen LogP contribution in [0.1, 0.15) is 54.7 Å². The average molecular weight is 588 g/mol. The second-order valence-electron chi connectivity index (χ2n) is 10.7. The van der Waals surface area contributed by atoms with Crippen molar-refractivity contribution in [3.63, 3.8) is 0 Å². The van der Waals surface area contributed by atoms with E-state index in [1.807, 2.05) is 24.3 Å². The summed E-state index contributed by atoms with van der Waals surface area (Å²) < 4.78 is 6.72. The number of benzene rings is 4. The fourth-order valence-electron chi connectivity index (χ4n) is 6.43. The zero-order valence-corrected chi connectivity index (χ0v) is 25.6. The van der Waals surface area contributed by atoms with Crippen molar-refractivity contribution in [1.29, 1.82) is 0 Å². The number of aliphatic imine (C=N–C) groups is 1. The Morgan fingerprint density at radius 3 is 1.91 bits per heavy atom. The first kappa shape index (κ1) is 29.0. The summed E-state index contributed by atoms with van der Waals surface area (Å²) in [5.41, 5.74) is 4.55. The number of anilines is 2. The van der Waals surface area contributed by atoms with Gasteiger partial charge in [-0.1, -0.05) is 42.5 Å². The molecule has 4 aromatic rings. The average Bonchev–Trinajstić information content (AvgIpc) is 3.29. The minimum atomic E-state index is -1.07. The van der Waals surface area contributed by atoms with Gasteiger partial charge in [-0.25, -0.2) is 5.01 Å². The number of hydrazone groups is 1. The number of nitrogens with zero attached hydrogens (tertiary/aromatic N) is 5. The van der Waals surface area contributed by atoms with Crippen LogP contribution in [0.15, 0.2) is 95.0 Å². The Bertz CT molecular complexity index is 1700. The van der Waals surface area contributed by atoms with E-state index in [4.69, 9.17) is 9.84 Å². The largest absolute Gasteiger partial charge is 0.506 e. The summed E-state index contributed by atoms with van der Waals surface area (Å²) in [4.78, 5) is 23.1. The first-order valence-corrected chi connectivity index (χ1v) is 15.2. The molecule has 44 heavy (non-hydrogen) atoms. The fourth-order valence-corrected chi connectivity index (χ4v) is 6.43. The van der Waals surface area contributed by atoms with E-state index in [9.17, 15) is 9.90 Å². The highest BCUT2D eigenvalue weighted by Gasteiger charge is 2.57. The van der Waals surface area contributed by atoms with Crippen LogP contribution >= 0.6 is 0 Å². The Morgan fingerprint density at radius 1 is 0.750 bits per heavy atom. The SMILES string of the molecule is CCN(CC)c1ccc2c(c1)Oc1cc(N(CC)CC)ccc1C21c2ccccc2C(=O)N1N=CC=Nc1ccccc1O. The Morgan fingerprint density at radius 2 is 1.32 bits per heavy atom. The highest BCUT2D eigenvalue weighted by Crippen LogP contribution is 2.58. The third-order valence-electron chi connectivity index (χ3n) is 8.59. The standard InChI is InChI=1S/C36H37N5O3/c1-5-39(6-2)25-17-19-29-33(23-25)44-34-24-26(40(7-3)8-4)18-20-30(34)36(29)28-14-10-9-13-27(28)35(43)41(36)38-22-21-37-31-15-11-12-16-32(31)42/h9-24,42H,5-8H2,1-4H3. The lowest BCUT2D eigenvalue weighted by Gasteiger charge is -2.42. The summed E-state index contributed by atoms with van der Waals surface area (Å²) in [5, 5.41) is 16.5. The molecule has 8 nitrogen and oxygen atoms in total. The Balaban J connectivity index is 1.58. The molecule has 4 aromatic carbocycles. The Hall–Kier alpha value is -5.11. The maximum atomic E-state index is 14.2. The van der Waals surface area contributed by atoms with E-state index in [2.05, 4.69) is 78.9 Å². The molecule has 2 aliphatic heterocycles. The van der Waals surface area contributed by atoms with Crippen molar-refractivity contribution in [2.45, 2.75) is 33.2 Å². The van der Waals surface area contributed by atoms with E-state index in [-0.39, 0.29) is 11.7 Å². The molecular formula is C36H37N5O3. The normalized spacial score (nSPS) is 14.5. The van der Waals surface area contributed by atoms with Crippen LogP contribution in [0.25, 0.3) is 0 Å². The van der Waals surface area contributed by atoms with Crippen LogP contribution in [0.3, 0.4) is 0 Å². The predicted octanol–water partition coefficient (Wildman–Crippen LogP) is 7.33. The number of aromatic hydroxyl groups is 1. The summed E-state index contributed by atoms with van der Waals surface area (Å²) in [6.07, 6.45) is 2.99. The van der Waals surface area contributed by atoms with Gasteiger partial charge >= 0.3 is 0 Å². The molecule has 1 N–H and O–H groups in total. The number of ether oxygens (including phenoxy) is 1. The number of carbonyl (C=O) groups excluding carboxylic acids is 1. The molecule has 0 saturated carbocycles. The molecule has 0 unspecified atom stereocenters. The molecule has 0 radical (unpaired) electrons. The van der Waals surface area contributed by atoms with E-state index in [0.29, 0.717) is 22.7 Å². The lowest BCUT2D eigenvalue weighted by atomic mass is 9.75. The van der Waals surface area contributed by atoms with Gasteiger partial charge in [-0.3, -0.25) is 9.79 Å². The molecule has 1 spiro atoms. The molecule has 1 amide bonds. The first-order valence-electron chi connectivity index (χ1n) is 15.2. The van der Waals surface area contributed by atoms with E-state index in [0.717, 1.165) is 54.2 Å². The number of hydrogen-bond acceptors (Lipinski definition) is 7. The molecule has 224 valence electrons. The number of hydrogen-bond donors (Lipinski definition) is 1. The van der Waals surface area contributed by atoms with Crippen molar-refractivity contribution in [2.24, 2.45) is 10.1 Å². The molecule has 0 atom stereocenters. The molecule has 2 aliphatic rings. The van der Waals surface area contributed by atoms with Crippen molar-refractivity contribution >= 4 is 35.4 Å². The number of phenols is 1. The maximum Gasteiger partial charge on any atom is 0.275 e. The van der Waals surface area contributed by atoms with Crippen molar-refractivity contribution in [1.82, 2.24) is 5.01 Å². The molecular weight excluding hydrogens is 550 g/mol. The van der Waals surface area contributed by atoms with E-state index in [1.165, 1.54) is 12.4 Å². The van der Waals surface area contributed by atoms with Gasteiger partial charge in [0.15, 0.2) is 0 Å². The lowest BCUT2D eigenvalue weighted by molar-refractivity contribution is 0.0675. The lowest BCUT2D eigenvalue weighted by Crippen LogP contribution is -2.44. The third-order valence-corrected chi connectivity index (χ3v) is 8.59. The van der Waals surface area contributed by atoms with Crippen LogP contribution in [-0.2, 0) is 5.54 Å². The molecule has 6 rings (SSSR count). The van der Waals surface area contributed by atoms with Crippen LogP contribution in [0.4, 0.5) is 17.1 Å².